The minimum Gasteiger partial charge on any atom is -0.482 e. The summed E-state index contributed by atoms with van der Waals surface area (Å²) in [5, 5.41) is 6.11. The van der Waals surface area contributed by atoms with E-state index in [-0.39, 0.29) is 18.4 Å². The molecule has 0 bridgehead atoms. The molecule has 3 heterocycles. The molecule has 2 fully saturated rings. The van der Waals surface area contributed by atoms with Gasteiger partial charge in [-0.05, 0) is 30.0 Å². The molecule has 6 heteroatoms. The Morgan fingerprint density at radius 1 is 1.24 bits per heavy atom. The first-order chi connectivity index (χ1) is 10.2. The highest BCUT2D eigenvalue weighted by Crippen LogP contribution is 2.31. The van der Waals surface area contributed by atoms with Crippen molar-refractivity contribution >= 4 is 17.5 Å². The van der Waals surface area contributed by atoms with Gasteiger partial charge in [0.1, 0.15) is 5.75 Å². The van der Waals surface area contributed by atoms with Crippen molar-refractivity contribution in [1.82, 2.24) is 10.2 Å². The van der Waals surface area contributed by atoms with Gasteiger partial charge in [0.25, 0.3) is 11.8 Å². The topological polar surface area (TPSA) is 70.7 Å². The summed E-state index contributed by atoms with van der Waals surface area (Å²) in [6, 6.07) is 5.23. The number of nitrogens with one attached hydrogen (secondary N) is 2. The maximum atomic E-state index is 12.6. The average molecular weight is 287 g/mol. The van der Waals surface area contributed by atoms with Crippen LogP contribution in [0.15, 0.2) is 18.2 Å². The number of nitrogens with zero attached hydrogens (tertiary/aromatic N) is 1. The predicted molar refractivity (Wildman–Crippen MR) is 76.3 cm³/mol. The maximum Gasteiger partial charge on any atom is 0.262 e. The molecule has 6 nitrogen and oxygen atoms in total. The quantitative estimate of drug-likeness (QED) is 0.780. The Bertz CT molecular complexity index is 604. The summed E-state index contributed by atoms with van der Waals surface area (Å²) in [5.41, 5.74) is 1.19. The number of fused-ring (bicyclic) bond motifs is 2. The van der Waals surface area contributed by atoms with Gasteiger partial charge in [0.05, 0.1) is 5.69 Å². The normalized spacial score (nSPS) is 26.9. The fraction of sp³-hybridized carbons (Fsp3) is 0.467. The van der Waals surface area contributed by atoms with E-state index in [0.29, 0.717) is 28.8 Å². The first-order valence-corrected chi connectivity index (χ1v) is 7.27. The Balaban J connectivity index is 1.55. The van der Waals surface area contributed by atoms with Crippen molar-refractivity contribution in [3.8, 4) is 5.75 Å². The van der Waals surface area contributed by atoms with Crippen LogP contribution in [0.4, 0.5) is 5.69 Å². The molecule has 3 aliphatic rings. The Labute approximate surface area is 122 Å². The number of amides is 2. The lowest BCUT2D eigenvalue weighted by Gasteiger charge is -2.21. The number of ether oxygens (including phenoxy) is 1. The van der Waals surface area contributed by atoms with Gasteiger partial charge in [-0.1, -0.05) is 0 Å². The Morgan fingerprint density at radius 3 is 2.76 bits per heavy atom. The van der Waals surface area contributed by atoms with Crippen LogP contribution >= 0.6 is 0 Å². The van der Waals surface area contributed by atoms with Crippen molar-refractivity contribution in [2.75, 3.05) is 38.1 Å². The first kappa shape index (κ1) is 12.6. The number of anilines is 1. The van der Waals surface area contributed by atoms with E-state index in [2.05, 4.69) is 10.6 Å². The molecular formula is C15H17N3O3. The smallest absolute Gasteiger partial charge is 0.262 e. The molecule has 2 amide bonds. The van der Waals surface area contributed by atoms with Gasteiger partial charge in [-0.15, -0.1) is 0 Å². The third-order valence-corrected chi connectivity index (χ3v) is 4.54. The number of benzene rings is 1. The molecule has 110 valence electrons. The first-order valence-electron chi connectivity index (χ1n) is 7.27. The molecule has 2 saturated heterocycles. The molecule has 3 aliphatic heterocycles. The van der Waals surface area contributed by atoms with E-state index in [1.54, 1.807) is 18.2 Å². The summed E-state index contributed by atoms with van der Waals surface area (Å²) in [6.07, 6.45) is 0. The van der Waals surface area contributed by atoms with Crippen molar-refractivity contribution in [3.63, 3.8) is 0 Å². The second kappa shape index (κ2) is 4.73. The number of carbonyl (C=O) groups excluding carboxylic acids is 2. The van der Waals surface area contributed by atoms with Crippen molar-refractivity contribution in [1.29, 1.82) is 0 Å². The van der Waals surface area contributed by atoms with E-state index in [1.165, 1.54) is 0 Å². The van der Waals surface area contributed by atoms with E-state index in [9.17, 15) is 9.59 Å². The van der Waals surface area contributed by atoms with E-state index in [1.807, 2.05) is 4.90 Å². The van der Waals surface area contributed by atoms with Gasteiger partial charge >= 0.3 is 0 Å². The van der Waals surface area contributed by atoms with Crippen LogP contribution in [-0.2, 0) is 4.79 Å². The second-order valence-electron chi connectivity index (χ2n) is 5.94. The molecule has 21 heavy (non-hydrogen) atoms. The molecule has 1 aromatic carbocycles. The number of hydrogen-bond donors (Lipinski definition) is 2. The van der Waals surface area contributed by atoms with Gasteiger partial charge in [0, 0.05) is 31.7 Å². The fourth-order valence-corrected chi connectivity index (χ4v) is 3.42. The highest BCUT2D eigenvalue weighted by molar-refractivity contribution is 6.00. The van der Waals surface area contributed by atoms with Crippen molar-refractivity contribution in [3.05, 3.63) is 23.8 Å². The molecule has 1 aromatic rings. The summed E-state index contributed by atoms with van der Waals surface area (Å²) in [6.45, 7) is 3.67. The van der Waals surface area contributed by atoms with Crippen LogP contribution in [0.2, 0.25) is 0 Å². The number of carbonyl (C=O) groups is 2. The third-order valence-electron chi connectivity index (χ3n) is 4.54. The van der Waals surface area contributed by atoms with Crippen LogP contribution in [0, 0.1) is 11.8 Å². The Hall–Kier alpha value is -2.08. The maximum absolute atomic E-state index is 12.6. The Morgan fingerprint density at radius 2 is 2.00 bits per heavy atom. The zero-order valence-corrected chi connectivity index (χ0v) is 11.6. The van der Waals surface area contributed by atoms with Gasteiger partial charge in [-0.2, -0.15) is 0 Å². The molecule has 2 N–H and O–H groups in total. The average Bonchev–Trinajstić information content (AvgIpc) is 3.06. The lowest BCUT2D eigenvalue weighted by molar-refractivity contribution is -0.118. The van der Waals surface area contributed by atoms with Crippen LogP contribution in [0.25, 0.3) is 0 Å². The van der Waals surface area contributed by atoms with E-state index < -0.39 is 0 Å². The monoisotopic (exact) mass is 287 g/mol. The van der Waals surface area contributed by atoms with Crippen LogP contribution in [0.1, 0.15) is 10.4 Å². The van der Waals surface area contributed by atoms with Gasteiger partial charge in [0.2, 0.25) is 0 Å². The number of rotatable bonds is 1. The van der Waals surface area contributed by atoms with Gasteiger partial charge in [-0.25, -0.2) is 0 Å². The van der Waals surface area contributed by atoms with Crippen LogP contribution in [0.3, 0.4) is 0 Å². The lowest BCUT2D eigenvalue weighted by atomic mass is 10.0. The molecular weight excluding hydrogens is 270 g/mol. The molecule has 2 atom stereocenters. The Kier molecular flexibility index (Phi) is 2.85. The highest BCUT2D eigenvalue weighted by Gasteiger charge is 2.38. The molecule has 4 rings (SSSR count). The second-order valence-corrected chi connectivity index (χ2v) is 5.94. The van der Waals surface area contributed by atoms with Gasteiger partial charge in [-0.3, -0.25) is 9.59 Å². The van der Waals surface area contributed by atoms with Crippen LogP contribution in [0.5, 0.6) is 5.75 Å². The van der Waals surface area contributed by atoms with Gasteiger partial charge < -0.3 is 20.3 Å². The third kappa shape index (κ3) is 2.15. The van der Waals surface area contributed by atoms with Crippen molar-refractivity contribution in [2.24, 2.45) is 11.8 Å². The van der Waals surface area contributed by atoms with Crippen LogP contribution < -0.4 is 15.4 Å². The summed E-state index contributed by atoms with van der Waals surface area (Å²) in [4.78, 5) is 25.9. The molecule has 0 saturated carbocycles. The lowest BCUT2D eigenvalue weighted by Crippen LogP contribution is -2.32. The minimum absolute atomic E-state index is 0.0305. The van der Waals surface area contributed by atoms with Crippen LogP contribution in [-0.4, -0.2) is 49.5 Å². The standard InChI is InChI=1S/C15H17N3O3/c19-14-8-21-13-2-1-9(3-12(13)17-14)15(20)18-6-10-4-16-5-11(10)7-18/h1-3,10-11,16H,4-8H2,(H,17,19)/t10-,11+. The van der Waals surface area contributed by atoms with E-state index in [0.717, 1.165) is 26.2 Å². The molecule has 0 unspecified atom stereocenters. The van der Waals surface area contributed by atoms with Crippen molar-refractivity contribution < 1.29 is 14.3 Å². The van der Waals surface area contributed by atoms with E-state index >= 15 is 0 Å². The molecule has 0 spiro atoms. The minimum atomic E-state index is -0.186. The largest absolute Gasteiger partial charge is 0.482 e. The molecule has 0 aromatic heterocycles. The SMILES string of the molecule is O=C1COc2ccc(C(=O)N3C[C@H]4CNC[C@H]4C3)cc2N1. The predicted octanol–water partition coefficient (Wildman–Crippen LogP) is 0.309. The summed E-state index contributed by atoms with van der Waals surface area (Å²) in [5.74, 6) is 1.62. The zero-order valence-electron chi connectivity index (χ0n) is 11.6. The number of likely N-dealkylation sites (tertiary alicyclic amines) is 1. The van der Waals surface area contributed by atoms with Crippen molar-refractivity contribution in [2.45, 2.75) is 0 Å². The fourth-order valence-electron chi connectivity index (χ4n) is 3.42. The zero-order chi connectivity index (χ0) is 14.4. The summed E-state index contributed by atoms with van der Waals surface area (Å²) in [7, 11) is 0. The summed E-state index contributed by atoms with van der Waals surface area (Å²) >= 11 is 0. The molecule has 0 aliphatic carbocycles. The summed E-state index contributed by atoms with van der Waals surface area (Å²) < 4.78 is 5.31. The van der Waals surface area contributed by atoms with Gasteiger partial charge in [0.15, 0.2) is 6.61 Å². The molecule has 0 radical (unpaired) electrons. The van der Waals surface area contributed by atoms with E-state index in [4.69, 9.17) is 4.74 Å². The highest BCUT2D eigenvalue weighted by atomic mass is 16.5. The number of hydrogen-bond acceptors (Lipinski definition) is 4.